The van der Waals surface area contributed by atoms with Gasteiger partial charge in [0.1, 0.15) is 11.7 Å². The molecular weight excluding hydrogens is 650 g/mol. The molecule has 0 saturated heterocycles. The molecule has 1 heterocycles. The molecule has 5 aliphatic rings. The Kier molecular flexibility index (Phi) is 11.6. The molecule has 0 radical (unpaired) electrons. The summed E-state index contributed by atoms with van der Waals surface area (Å²) in [6.07, 6.45) is 16.9. The predicted molar refractivity (Wildman–Crippen MR) is 191 cm³/mol. The van der Waals surface area contributed by atoms with Gasteiger partial charge in [-0.15, -0.1) is 12.3 Å². The van der Waals surface area contributed by atoms with Gasteiger partial charge in [0.15, 0.2) is 23.2 Å². The number of carbonyl (C=O) groups excluding carboxylic acids is 3. The zero-order valence-corrected chi connectivity index (χ0v) is 31.2. The molecule has 2 bridgehead atoms. The number of Topliss-reactive ketones (excluding diaryl/α,β-unsaturated/α-hetero) is 1. The van der Waals surface area contributed by atoms with Crippen LogP contribution >= 0.6 is 0 Å². The SMILES string of the molecule is C#CCCC1(CCNC(=O)O[C@H]2C(C)=C[C@]34C(=O)[C@@H](C=C(CO)[C@@H](O)[C@]23O)[C@@H]2C(C)(C)[C@]2(OC(=O)CCCCCCCCCCC)C[C@H]4C)N=N1. The number of rotatable bonds is 18. The second-order valence-electron chi connectivity index (χ2n) is 16.4. The van der Waals surface area contributed by atoms with E-state index in [1.807, 2.05) is 20.8 Å². The number of aliphatic hydroxyl groups is 3. The molecule has 2 saturated carbocycles. The number of esters is 1. The first-order chi connectivity index (χ1) is 24.2. The Morgan fingerprint density at radius 1 is 1.08 bits per heavy atom. The molecular formula is C40H59N3O8. The third kappa shape index (κ3) is 6.81. The second-order valence-corrected chi connectivity index (χ2v) is 16.4. The van der Waals surface area contributed by atoms with Crippen LogP contribution in [0, 0.1) is 40.9 Å². The van der Waals surface area contributed by atoms with E-state index in [-0.39, 0.29) is 36.7 Å². The summed E-state index contributed by atoms with van der Waals surface area (Å²) in [7, 11) is 0. The molecule has 11 heteroatoms. The van der Waals surface area contributed by atoms with Crippen LogP contribution < -0.4 is 5.32 Å². The zero-order valence-electron chi connectivity index (χ0n) is 31.2. The molecule has 11 nitrogen and oxygen atoms in total. The Labute approximate surface area is 303 Å². The summed E-state index contributed by atoms with van der Waals surface area (Å²) in [5.41, 5.74) is -5.71. The molecule has 1 amide bonds. The highest BCUT2D eigenvalue weighted by molar-refractivity contribution is 5.96. The first-order valence-corrected chi connectivity index (χ1v) is 19.2. The van der Waals surface area contributed by atoms with Crippen molar-refractivity contribution in [2.75, 3.05) is 13.2 Å². The lowest BCUT2D eigenvalue weighted by molar-refractivity contribution is -0.191. The van der Waals surface area contributed by atoms with E-state index in [0.717, 1.165) is 25.7 Å². The number of nitrogens with one attached hydrogen (secondary N) is 1. The fourth-order valence-electron chi connectivity index (χ4n) is 9.91. The lowest BCUT2D eigenvalue weighted by atomic mass is 9.59. The van der Waals surface area contributed by atoms with Gasteiger partial charge in [0.05, 0.1) is 12.0 Å². The van der Waals surface area contributed by atoms with Crippen LogP contribution in [0.4, 0.5) is 4.79 Å². The summed E-state index contributed by atoms with van der Waals surface area (Å²) in [6, 6.07) is 0. The van der Waals surface area contributed by atoms with Crippen molar-refractivity contribution >= 4 is 17.8 Å². The van der Waals surface area contributed by atoms with Gasteiger partial charge in [-0.3, -0.25) is 9.59 Å². The summed E-state index contributed by atoms with van der Waals surface area (Å²) in [5.74, 6) is 0.000779. The van der Waals surface area contributed by atoms with Gasteiger partial charge in [0, 0.05) is 49.5 Å². The Hall–Kier alpha value is -3.07. The number of ether oxygens (including phenoxy) is 2. The second kappa shape index (κ2) is 15.1. The number of amides is 1. The molecule has 2 fully saturated rings. The van der Waals surface area contributed by atoms with Crippen LogP contribution in [0.5, 0.6) is 0 Å². The van der Waals surface area contributed by atoms with Crippen molar-refractivity contribution in [3.8, 4) is 12.3 Å². The van der Waals surface area contributed by atoms with Gasteiger partial charge in [-0.25, -0.2) is 4.79 Å². The molecule has 0 aromatic rings. The smallest absolute Gasteiger partial charge is 0.407 e. The largest absolute Gasteiger partial charge is 0.458 e. The van der Waals surface area contributed by atoms with Crippen molar-refractivity contribution in [1.82, 2.24) is 5.32 Å². The van der Waals surface area contributed by atoms with E-state index in [2.05, 4.69) is 28.4 Å². The van der Waals surface area contributed by atoms with Crippen molar-refractivity contribution in [3.63, 3.8) is 0 Å². The molecule has 0 aromatic carbocycles. The van der Waals surface area contributed by atoms with Crippen molar-refractivity contribution in [2.24, 2.45) is 38.8 Å². The van der Waals surface area contributed by atoms with E-state index < -0.39 is 70.4 Å². The Balaban J connectivity index is 1.32. The minimum atomic E-state index is -2.33. The van der Waals surface area contributed by atoms with Gasteiger partial charge in [0.2, 0.25) is 0 Å². The van der Waals surface area contributed by atoms with Gasteiger partial charge >= 0.3 is 12.1 Å². The fraction of sp³-hybridized carbons (Fsp3) is 0.775. The average Bonchev–Trinajstić information content (AvgIpc) is 3.94. The van der Waals surface area contributed by atoms with Crippen LogP contribution in [0.2, 0.25) is 0 Å². The van der Waals surface area contributed by atoms with Crippen LogP contribution in [-0.2, 0) is 19.1 Å². The fourth-order valence-corrected chi connectivity index (χ4v) is 9.91. The van der Waals surface area contributed by atoms with Gasteiger partial charge < -0.3 is 30.1 Å². The van der Waals surface area contributed by atoms with E-state index in [9.17, 15) is 29.7 Å². The molecule has 5 rings (SSSR count). The van der Waals surface area contributed by atoms with Gasteiger partial charge in [0.25, 0.3) is 0 Å². The van der Waals surface area contributed by atoms with E-state index in [4.69, 9.17) is 15.9 Å². The van der Waals surface area contributed by atoms with Crippen LogP contribution in [0.3, 0.4) is 0 Å². The highest BCUT2D eigenvalue weighted by Gasteiger charge is 2.83. The zero-order chi connectivity index (χ0) is 37.2. The molecule has 4 aliphatic carbocycles. The Morgan fingerprint density at radius 3 is 2.33 bits per heavy atom. The number of aliphatic hydroxyl groups excluding tert-OH is 2. The number of alkyl carbamates (subject to hydrolysis) is 1. The van der Waals surface area contributed by atoms with Crippen molar-refractivity contribution in [2.45, 2.75) is 154 Å². The van der Waals surface area contributed by atoms with Crippen LogP contribution in [0.15, 0.2) is 33.5 Å². The number of carbonyl (C=O) groups is 3. The molecule has 0 aromatic heterocycles. The van der Waals surface area contributed by atoms with E-state index in [1.54, 1.807) is 19.1 Å². The van der Waals surface area contributed by atoms with E-state index in [1.165, 1.54) is 32.1 Å². The third-order valence-electron chi connectivity index (χ3n) is 12.9. The average molecular weight is 710 g/mol. The number of ketones is 1. The number of allylic oxidation sites excluding steroid dienone is 1. The molecule has 51 heavy (non-hydrogen) atoms. The van der Waals surface area contributed by atoms with Gasteiger partial charge in [-0.2, -0.15) is 10.2 Å². The minimum absolute atomic E-state index is 0.0639. The van der Waals surface area contributed by atoms with Crippen LogP contribution in [0.25, 0.3) is 0 Å². The van der Waals surface area contributed by atoms with Crippen LogP contribution in [-0.4, -0.2) is 75.4 Å². The maximum Gasteiger partial charge on any atom is 0.407 e. The normalized spacial score (nSPS) is 34.9. The molecule has 8 atom stereocenters. The Morgan fingerprint density at radius 2 is 1.73 bits per heavy atom. The van der Waals surface area contributed by atoms with E-state index in [0.29, 0.717) is 24.8 Å². The standard InChI is InChI=1S/C40H59N3O8/c1-7-9-11-12-13-14-15-16-17-18-30(45)51-39-24-27(4)38-23-26(3)34(50-35(48)41-21-20-37(42-43-37)19-10-8-2)40(38,49)32(46)28(25-44)22-29(33(38)47)31(39)36(39,5)6/h2,22-23,27,29,31-32,34,44,46,49H,7,9-21,24-25H2,1,3-6H3,(H,41,48)/t27-,29+,31-,32-,34+,38+,39+,40+/m1/s1. The maximum absolute atomic E-state index is 15.0. The summed E-state index contributed by atoms with van der Waals surface area (Å²) in [6.45, 7) is 9.24. The minimum Gasteiger partial charge on any atom is -0.458 e. The van der Waals surface area contributed by atoms with Gasteiger partial charge in [-0.05, 0) is 36.8 Å². The maximum atomic E-state index is 15.0. The monoisotopic (exact) mass is 709 g/mol. The summed E-state index contributed by atoms with van der Waals surface area (Å²) in [5, 5.41) is 46.0. The molecule has 0 unspecified atom stereocenters. The van der Waals surface area contributed by atoms with Crippen molar-refractivity contribution < 1.29 is 39.2 Å². The quantitative estimate of drug-likeness (QED) is 0.0573. The lowest BCUT2D eigenvalue weighted by Crippen LogP contribution is -2.66. The summed E-state index contributed by atoms with van der Waals surface area (Å²) >= 11 is 0. The molecule has 282 valence electrons. The predicted octanol–water partition coefficient (Wildman–Crippen LogP) is 6.10. The number of terminal acetylenes is 1. The lowest BCUT2D eigenvalue weighted by Gasteiger charge is -2.49. The highest BCUT2D eigenvalue weighted by atomic mass is 16.6. The number of hydrogen-bond acceptors (Lipinski definition) is 10. The van der Waals surface area contributed by atoms with E-state index >= 15 is 0 Å². The molecule has 4 N–H and O–H groups in total. The van der Waals surface area contributed by atoms with Gasteiger partial charge in [-0.1, -0.05) is 91.2 Å². The summed E-state index contributed by atoms with van der Waals surface area (Å²) < 4.78 is 12.3. The topological polar surface area (TPSA) is 167 Å². The number of hydrogen-bond donors (Lipinski definition) is 4. The first kappa shape index (κ1) is 39.1. The third-order valence-corrected chi connectivity index (χ3v) is 12.9. The van der Waals surface area contributed by atoms with Crippen LogP contribution in [0.1, 0.15) is 125 Å². The number of fused-ring (bicyclic) bond motifs is 3. The molecule has 1 aliphatic heterocycles. The number of nitrogens with zero attached hydrogens (tertiary/aromatic N) is 2. The molecule has 1 spiro atoms. The summed E-state index contributed by atoms with van der Waals surface area (Å²) in [4.78, 5) is 41.6. The first-order valence-electron chi connectivity index (χ1n) is 19.2. The number of unbranched alkanes of at least 4 members (excludes halogenated alkanes) is 8. The Bertz CT molecular complexity index is 1470. The van der Waals surface area contributed by atoms with Crippen molar-refractivity contribution in [1.29, 1.82) is 0 Å². The highest BCUT2D eigenvalue weighted by Crippen LogP contribution is 2.75. The van der Waals surface area contributed by atoms with Crippen molar-refractivity contribution in [3.05, 3.63) is 23.3 Å².